The van der Waals surface area contributed by atoms with Crippen LogP contribution >= 0.6 is 22.9 Å². The van der Waals surface area contributed by atoms with Crippen molar-refractivity contribution in [2.45, 2.75) is 13.0 Å². The van der Waals surface area contributed by atoms with E-state index in [0.717, 1.165) is 27.5 Å². The molecule has 0 amide bonds. The van der Waals surface area contributed by atoms with Gasteiger partial charge in [0, 0.05) is 53.6 Å². The van der Waals surface area contributed by atoms with Crippen molar-refractivity contribution < 1.29 is 9.13 Å². The molecule has 4 rings (SSSR count). The minimum Gasteiger partial charge on any atom is -0.494 e. The summed E-state index contributed by atoms with van der Waals surface area (Å²) in [4.78, 5) is 35.0. The van der Waals surface area contributed by atoms with Gasteiger partial charge in [0.1, 0.15) is 4.70 Å². The van der Waals surface area contributed by atoms with Crippen molar-refractivity contribution >= 4 is 45.6 Å². The van der Waals surface area contributed by atoms with Crippen molar-refractivity contribution in [3.05, 3.63) is 86.2 Å². The number of ether oxygens (including phenoxy) is 1. The number of aromatic nitrogens is 3. The molecule has 1 aromatic carbocycles. The molecule has 3 heterocycles. The SMILES string of the molecule is COc1cc(-c2cc3c(s2)c(=O)n(/C=C/N=Cc2cccnc2)c(=O)n3CCC#N)c(Cl)cc1F. The maximum absolute atomic E-state index is 14.0. The Morgan fingerprint density at radius 3 is 2.89 bits per heavy atom. The fraction of sp³-hybridized carbons (Fsp3) is 0.125. The zero-order valence-corrected chi connectivity index (χ0v) is 19.9. The lowest BCUT2D eigenvalue weighted by molar-refractivity contribution is 0.387. The predicted octanol–water partition coefficient (Wildman–Crippen LogP) is 4.55. The maximum atomic E-state index is 14.0. The molecule has 176 valence electrons. The van der Waals surface area contributed by atoms with E-state index in [-0.39, 0.29) is 28.4 Å². The molecule has 8 nitrogen and oxygen atoms in total. The van der Waals surface area contributed by atoms with Gasteiger partial charge in [0.05, 0.1) is 30.1 Å². The molecular formula is C24H17ClFN5O3S. The van der Waals surface area contributed by atoms with E-state index < -0.39 is 17.1 Å². The Balaban J connectivity index is 1.85. The van der Waals surface area contributed by atoms with E-state index in [4.69, 9.17) is 21.6 Å². The van der Waals surface area contributed by atoms with Gasteiger partial charge in [-0.15, -0.1) is 11.3 Å². The number of nitrogens with zero attached hydrogens (tertiary/aromatic N) is 5. The number of hydrogen-bond donors (Lipinski definition) is 0. The number of aryl methyl sites for hydroxylation is 1. The van der Waals surface area contributed by atoms with Gasteiger partial charge in [0.15, 0.2) is 11.6 Å². The summed E-state index contributed by atoms with van der Waals surface area (Å²) in [6.45, 7) is 0.0789. The molecule has 0 N–H and O–H groups in total. The summed E-state index contributed by atoms with van der Waals surface area (Å²) in [5.74, 6) is -0.622. The van der Waals surface area contributed by atoms with Gasteiger partial charge >= 0.3 is 5.69 Å². The third-order valence-electron chi connectivity index (χ3n) is 5.02. The highest BCUT2D eigenvalue weighted by molar-refractivity contribution is 7.22. The minimum absolute atomic E-state index is 0.00412. The van der Waals surface area contributed by atoms with Crippen LogP contribution in [0.4, 0.5) is 4.39 Å². The van der Waals surface area contributed by atoms with Crippen molar-refractivity contribution in [3.8, 4) is 22.3 Å². The maximum Gasteiger partial charge on any atom is 0.335 e. The Morgan fingerprint density at radius 2 is 2.17 bits per heavy atom. The van der Waals surface area contributed by atoms with Gasteiger partial charge in [-0.25, -0.2) is 13.8 Å². The highest BCUT2D eigenvalue weighted by atomic mass is 35.5. The number of aliphatic imine (C=N–C) groups is 1. The second-order valence-corrected chi connectivity index (χ2v) is 8.63. The summed E-state index contributed by atoms with van der Waals surface area (Å²) in [5.41, 5.74) is 0.400. The molecule has 4 aromatic rings. The molecule has 0 fully saturated rings. The number of rotatable bonds is 7. The lowest BCUT2D eigenvalue weighted by Crippen LogP contribution is -2.36. The summed E-state index contributed by atoms with van der Waals surface area (Å²) in [6.07, 6.45) is 7.45. The normalized spacial score (nSPS) is 11.5. The fourth-order valence-electron chi connectivity index (χ4n) is 3.37. The standard InChI is InChI=1S/C24H17ClFN5O3S/c1-34-20-10-16(17(25)11-18(20)26)21-12-19-22(35-21)23(32)31(24(33)30(19)8-3-5-27)9-7-29-14-15-4-2-6-28-13-15/h2,4,6-7,9-14H,3,8H2,1H3/b9-7+,29-14?. The Labute approximate surface area is 207 Å². The van der Waals surface area contributed by atoms with Crippen LogP contribution < -0.4 is 16.0 Å². The Kier molecular flexibility index (Phi) is 7.19. The van der Waals surface area contributed by atoms with Crippen LogP contribution in [0, 0.1) is 17.1 Å². The molecule has 0 spiro atoms. The van der Waals surface area contributed by atoms with E-state index in [1.54, 1.807) is 30.6 Å². The third-order valence-corrected chi connectivity index (χ3v) is 6.48. The van der Waals surface area contributed by atoms with E-state index in [1.165, 1.54) is 36.4 Å². The average molecular weight is 510 g/mol. The highest BCUT2D eigenvalue weighted by Gasteiger charge is 2.19. The van der Waals surface area contributed by atoms with E-state index in [0.29, 0.717) is 16.0 Å². The largest absolute Gasteiger partial charge is 0.494 e. The number of halogens is 2. The molecular weight excluding hydrogens is 493 g/mol. The van der Waals surface area contributed by atoms with Crippen molar-refractivity contribution in [2.24, 2.45) is 4.99 Å². The molecule has 0 aliphatic rings. The minimum atomic E-state index is -0.618. The average Bonchev–Trinajstić information content (AvgIpc) is 3.29. The number of pyridine rings is 1. The van der Waals surface area contributed by atoms with Gasteiger partial charge in [0.2, 0.25) is 0 Å². The zero-order chi connectivity index (χ0) is 24.9. The number of benzene rings is 1. The van der Waals surface area contributed by atoms with Crippen molar-refractivity contribution in [1.82, 2.24) is 14.1 Å². The van der Waals surface area contributed by atoms with Crippen LogP contribution in [0.5, 0.6) is 5.75 Å². The molecule has 0 atom stereocenters. The fourth-order valence-corrected chi connectivity index (χ4v) is 4.80. The number of thiophene rings is 1. The highest BCUT2D eigenvalue weighted by Crippen LogP contribution is 2.38. The number of methoxy groups -OCH3 is 1. The molecule has 0 bridgehead atoms. The summed E-state index contributed by atoms with van der Waals surface area (Å²) in [6, 6.07) is 9.77. The van der Waals surface area contributed by atoms with Crippen LogP contribution in [0.2, 0.25) is 5.02 Å². The smallest absolute Gasteiger partial charge is 0.335 e. The van der Waals surface area contributed by atoms with Gasteiger partial charge in [-0.1, -0.05) is 17.7 Å². The van der Waals surface area contributed by atoms with E-state index in [2.05, 4.69) is 9.98 Å². The van der Waals surface area contributed by atoms with E-state index >= 15 is 0 Å². The van der Waals surface area contributed by atoms with Crippen molar-refractivity contribution in [3.63, 3.8) is 0 Å². The van der Waals surface area contributed by atoms with Crippen LogP contribution in [-0.4, -0.2) is 27.4 Å². The molecule has 0 unspecified atom stereocenters. The number of fused-ring (bicyclic) bond motifs is 1. The van der Waals surface area contributed by atoms with Crippen molar-refractivity contribution in [2.75, 3.05) is 7.11 Å². The monoisotopic (exact) mass is 509 g/mol. The number of hydrogen-bond acceptors (Lipinski definition) is 7. The molecule has 0 radical (unpaired) electrons. The van der Waals surface area contributed by atoms with Crippen molar-refractivity contribution in [1.29, 1.82) is 5.26 Å². The first-order valence-corrected chi connectivity index (χ1v) is 11.4. The second kappa shape index (κ2) is 10.5. The quantitative estimate of drug-likeness (QED) is 0.340. The summed E-state index contributed by atoms with van der Waals surface area (Å²) >= 11 is 7.37. The molecule has 0 saturated heterocycles. The molecule has 35 heavy (non-hydrogen) atoms. The van der Waals surface area contributed by atoms with Gasteiger partial charge < -0.3 is 4.74 Å². The summed E-state index contributed by atoms with van der Waals surface area (Å²) < 4.78 is 21.6. The van der Waals surface area contributed by atoms with Crippen LogP contribution in [-0.2, 0) is 6.54 Å². The molecule has 3 aromatic heterocycles. The molecule has 11 heteroatoms. The van der Waals surface area contributed by atoms with E-state index in [9.17, 15) is 14.0 Å². The van der Waals surface area contributed by atoms with Crippen LogP contribution in [0.1, 0.15) is 12.0 Å². The first kappa shape index (κ1) is 24.1. The summed E-state index contributed by atoms with van der Waals surface area (Å²) in [7, 11) is 1.34. The second-order valence-electron chi connectivity index (χ2n) is 7.17. The Hall–Kier alpha value is -4.07. The lowest BCUT2D eigenvalue weighted by atomic mass is 10.1. The lowest BCUT2D eigenvalue weighted by Gasteiger charge is -2.07. The summed E-state index contributed by atoms with van der Waals surface area (Å²) in [5, 5.41) is 9.19. The van der Waals surface area contributed by atoms with E-state index in [1.807, 2.05) is 6.07 Å². The first-order chi connectivity index (χ1) is 16.9. The first-order valence-electron chi connectivity index (χ1n) is 10.2. The Bertz CT molecular complexity index is 1620. The molecule has 0 aliphatic carbocycles. The van der Waals surface area contributed by atoms with Crippen LogP contribution in [0.25, 0.3) is 26.9 Å². The molecule has 0 aliphatic heterocycles. The number of nitriles is 1. The Morgan fingerprint density at radius 1 is 1.34 bits per heavy atom. The predicted molar refractivity (Wildman–Crippen MR) is 135 cm³/mol. The zero-order valence-electron chi connectivity index (χ0n) is 18.3. The van der Waals surface area contributed by atoms with Gasteiger partial charge in [-0.3, -0.25) is 19.3 Å². The van der Waals surface area contributed by atoms with Gasteiger partial charge in [-0.05, 0) is 24.3 Å². The van der Waals surface area contributed by atoms with Crippen LogP contribution in [0.3, 0.4) is 0 Å². The van der Waals surface area contributed by atoms with Gasteiger partial charge in [-0.2, -0.15) is 5.26 Å². The van der Waals surface area contributed by atoms with Crippen LogP contribution in [0.15, 0.2) is 63.5 Å². The van der Waals surface area contributed by atoms with Gasteiger partial charge in [0.25, 0.3) is 5.56 Å². The third kappa shape index (κ3) is 4.91. The molecule has 0 saturated carbocycles. The topological polar surface area (TPSA) is 102 Å².